The third-order valence-electron chi connectivity index (χ3n) is 4.05. The summed E-state index contributed by atoms with van der Waals surface area (Å²) in [6, 6.07) is 0. The van der Waals surface area contributed by atoms with E-state index in [1.807, 2.05) is 0 Å². The molecule has 3 nitrogen and oxygen atoms in total. The molecule has 0 radical (unpaired) electrons. The highest BCUT2D eigenvalue weighted by molar-refractivity contribution is 4.84. The summed E-state index contributed by atoms with van der Waals surface area (Å²) in [4.78, 5) is 5.12. The first-order valence-electron chi connectivity index (χ1n) is 6.87. The van der Waals surface area contributed by atoms with Gasteiger partial charge in [-0.2, -0.15) is 0 Å². The van der Waals surface area contributed by atoms with Gasteiger partial charge in [0.05, 0.1) is 0 Å². The number of nitrogens with zero attached hydrogens (tertiary/aromatic N) is 2. The molecular weight excluding hydrogens is 198 g/mol. The standard InChI is InChI=1S/C13H27N3/c1-12-10-13(12)11-15(2)8-9-16-6-3-4-14-5-7-16/h12-14H,3-11H2,1-2H3. The van der Waals surface area contributed by atoms with Gasteiger partial charge in [0.25, 0.3) is 0 Å². The second kappa shape index (κ2) is 5.99. The molecule has 0 bridgehead atoms. The second-order valence-corrected chi connectivity index (χ2v) is 5.68. The van der Waals surface area contributed by atoms with Crippen molar-refractivity contribution in [3.63, 3.8) is 0 Å². The molecule has 0 aromatic carbocycles. The minimum absolute atomic E-state index is 0.991. The molecule has 94 valence electrons. The molecule has 2 fully saturated rings. The van der Waals surface area contributed by atoms with Crippen molar-refractivity contribution in [1.29, 1.82) is 0 Å². The molecule has 0 spiro atoms. The van der Waals surface area contributed by atoms with E-state index in [4.69, 9.17) is 0 Å². The van der Waals surface area contributed by atoms with E-state index in [1.165, 1.54) is 58.7 Å². The highest BCUT2D eigenvalue weighted by Gasteiger charge is 2.32. The summed E-state index contributed by atoms with van der Waals surface area (Å²) in [6.45, 7) is 11.1. The first kappa shape index (κ1) is 12.3. The lowest BCUT2D eigenvalue weighted by Crippen LogP contribution is -2.36. The van der Waals surface area contributed by atoms with Crippen LogP contribution in [0.4, 0.5) is 0 Å². The summed E-state index contributed by atoms with van der Waals surface area (Å²) < 4.78 is 0. The summed E-state index contributed by atoms with van der Waals surface area (Å²) in [5.74, 6) is 1.99. The van der Waals surface area contributed by atoms with Crippen molar-refractivity contribution < 1.29 is 0 Å². The maximum Gasteiger partial charge on any atom is 0.0110 e. The van der Waals surface area contributed by atoms with Crippen LogP contribution in [0.3, 0.4) is 0 Å². The zero-order valence-electron chi connectivity index (χ0n) is 10.9. The molecule has 1 aliphatic carbocycles. The SMILES string of the molecule is CC1CC1CN(C)CCN1CCCNCC1. The van der Waals surface area contributed by atoms with Crippen LogP contribution in [0.1, 0.15) is 19.8 Å². The van der Waals surface area contributed by atoms with E-state index in [0.717, 1.165) is 11.8 Å². The Hall–Kier alpha value is -0.120. The van der Waals surface area contributed by atoms with Crippen LogP contribution >= 0.6 is 0 Å². The second-order valence-electron chi connectivity index (χ2n) is 5.68. The van der Waals surface area contributed by atoms with Gasteiger partial charge in [-0.3, -0.25) is 0 Å². The maximum atomic E-state index is 3.46. The molecule has 1 aliphatic heterocycles. The highest BCUT2D eigenvalue weighted by atomic mass is 15.2. The monoisotopic (exact) mass is 225 g/mol. The Morgan fingerprint density at radius 1 is 1.31 bits per heavy atom. The van der Waals surface area contributed by atoms with Crippen LogP contribution in [0.2, 0.25) is 0 Å². The molecular formula is C13H27N3. The normalized spacial score (nSPS) is 31.7. The molecule has 2 rings (SSSR count). The van der Waals surface area contributed by atoms with Gasteiger partial charge in [0.1, 0.15) is 0 Å². The van der Waals surface area contributed by atoms with E-state index < -0.39 is 0 Å². The van der Waals surface area contributed by atoms with Crippen LogP contribution < -0.4 is 5.32 Å². The molecule has 3 heteroatoms. The largest absolute Gasteiger partial charge is 0.315 e. The average Bonchev–Trinajstić information content (AvgIpc) is 2.99. The smallest absolute Gasteiger partial charge is 0.0110 e. The summed E-state index contributed by atoms with van der Waals surface area (Å²) in [6.07, 6.45) is 2.77. The Morgan fingerprint density at radius 2 is 2.12 bits per heavy atom. The highest BCUT2D eigenvalue weighted by Crippen LogP contribution is 2.37. The molecule has 2 atom stereocenters. The van der Waals surface area contributed by atoms with Crippen molar-refractivity contribution in [3.8, 4) is 0 Å². The Morgan fingerprint density at radius 3 is 2.88 bits per heavy atom. The summed E-state index contributed by atoms with van der Waals surface area (Å²) >= 11 is 0. The molecule has 1 heterocycles. The number of hydrogen-bond donors (Lipinski definition) is 1. The van der Waals surface area contributed by atoms with E-state index >= 15 is 0 Å². The van der Waals surface area contributed by atoms with Crippen molar-refractivity contribution in [2.75, 3.05) is 52.9 Å². The van der Waals surface area contributed by atoms with Crippen LogP contribution in [0.15, 0.2) is 0 Å². The minimum atomic E-state index is 0.991. The molecule has 16 heavy (non-hydrogen) atoms. The fourth-order valence-electron chi connectivity index (χ4n) is 2.58. The first-order valence-corrected chi connectivity index (χ1v) is 6.87. The zero-order valence-corrected chi connectivity index (χ0v) is 10.9. The van der Waals surface area contributed by atoms with Crippen molar-refractivity contribution >= 4 is 0 Å². The predicted octanol–water partition coefficient (Wildman–Crippen LogP) is 0.870. The maximum absolute atomic E-state index is 3.46. The zero-order chi connectivity index (χ0) is 11.4. The fraction of sp³-hybridized carbons (Fsp3) is 1.00. The van der Waals surface area contributed by atoms with E-state index in [2.05, 4.69) is 29.1 Å². The lowest BCUT2D eigenvalue weighted by molar-refractivity contribution is 0.229. The number of likely N-dealkylation sites (N-methyl/N-ethyl adjacent to an activating group) is 1. The van der Waals surface area contributed by atoms with Crippen molar-refractivity contribution in [3.05, 3.63) is 0 Å². The third-order valence-corrected chi connectivity index (χ3v) is 4.05. The number of nitrogens with one attached hydrogen (secondary N) is 1. The molecule has 1 N–H and O–H groups in total. The molecule has 2 unspecified atom stereocenters. The minimum Gasteiger partial charge on any atom is -0.315 e. The number of rotatable bonds is 5. The van der Waals surface area contributed by atoms with Gasteiger partial charge >= 0.3 is 0 Å². The summed E-state index contributed by atoms with van der Waals surface area (Å²) in [7, 11) is 2.28. The van der Waals surface area contributed by atoms with E-state index in [9.17, 15) is 0 Å². The topological polar surface area (TPSA) is 18.5 Å². The predicted molar refractivity (Wildman–Crippen MR) is 68.7 cm³/mol. The van der Waals surface area contributed by atoms with Gasteiger partial charge in [0.15, 0.2) is 0 Å². The molecule has 1 saturated heterocycles. The van der Waals surface area contributed by atoms with Crippen LogP contribution in [0, 0.1) is 11.8 Å². The Bertz CT molecular complexity index is 199. The van der Waals surface area contributed by atoms with Gasteiger partial charge in [0, 0.05) is 32.7 Å². The van der Waals surface area contributed by atoms with Crippen molar-refractivity contribution in [2.24, 2.45) is 11.8 Å². The lowest BCUT2D eigenvalue weighted by atomic mass is 10.3. The molecule has 0 aromatic heterocycles. The molecule has 0 amide bonds. The van der Waals surface area contributed by atoms with Gasteiger partial charge in [0.2, 0.25) is 0 Å². The fourth-order valence-corrected chi connectivity index (χ4v) is 2.58. The van der Waals surface area contributed by atoms with E-state index in [1.54, 1.807) is 0 Å². The number of hydrogen-bond acceptors (Lipinski definition) is 3. The summed E-state index contributed by atoms with van der Waals surface area (Å²) in [5.41, 5.74) is 0. The lowest BCUT2D eigenvalue weighted by Gasteiger charge is -2.23. The first-order chi connectivity index (χ1) is 7.75. The Balaban J connectivity index is 1.58. The van der Waals surface area contributed by atoms with Crippen LogP contribution in [0.5, 0.6) is 0 Å². The quantitative estimate of drug-likeness (QED) is 0.749. The average molecular weight is 225 g/mol. The Labute approximate surface area is 100 Å². The van der Waals surface area contributed by atoms with Gasteiger partial charge < -0.3 is 15.1 Å². The van der Waals surface area contributed by atoms with Gasteiger partial charge in [-0.1, -0.05) is 6.92 Å². The third kappa shape index (κ3) is 4.04. The van der Waals surface area contributed by atoms with Crippen LogP contribution in [-0.2, 0) is 0 Å². The van der Waals surface area contributed by atoms with E-state index in [-0.39, 0.29) is 0 Å². The van der Waals surface area contributed by atoms with Crippen LogP contribution in [0.25, 0.3) is 0 Å². The molecule has 2 aliphatic rings. The van der Waals surface area contributed by atoms with Crippen molar-refractivity contribution in [1.82, 2.24) is 15.1 Å². The molecule has 0 aromatic rings. The van der Waals surface area contributed by atoms with Gasteiger partial charge in [-0.25, -0.2) is 0 Å². The van der Waals surface area contributed by atoms with Gasteiger partial charge in [-0.05, 0) is 44.8 Å². The van der Waals surface area contributed by atoms with E-state index in [0.29, 0.717) is 0 Å². The summed E-state index contributed by atoms with van der Waals surface area (Å²) in [5, 5.41) is 3.46. The van der Waals surface area contributed by atoms with Gasteiger partial charge in [-0.15, -0.1) is 0 Å². The molecule has 1 saturated carbocycles. The van der Waals surface area contributed by atoms with Crippen molar-refractivity contribution in [2.45, 2.75) is 19.8 Å². The Kier molecular flexibility index (Phi) is 4.62. The van der Waals surface area contributed by atoms with Crippen LogP contribution in [-0.4, -0.2) is 62.7 Å².